The molecule has 18 heavy (non-hydrogen) atoms. The number of hydrogen-bond donors (Lipinski definition) is 0. The molecule has 0 unspecified atom stereocenters. The molecule has 0 aliphatic heterocycles. The zero-order valence-corrected chi connectivity index (χ0v) is 10.1. The zero-order chi connectivity index (χ0) is 13.1. The molecule has 0 aromatic heterocycles. The molecule has 0 saturated carbocycles. The highest BCUT2D eigenvalue weighted by Crippen LogP contribution is 2.34. The molecule has 2 aromatic carbocycles. The van der Waals surface area contributed by atoms with Crippen LogP contribution in [-0.4, -0.2) is 11.9 Å². The fraction of sp³-hybridized carbons (Fsp3) is 0.143. The Labute approximate surface area is 104 Å². The highest BCUT2D eigenvalue weighted by molar-refractivity contribution is 5.96. The minimum atomic E-state index is -0.417. The van der Waals surface area contributed by atoms with Crippen molar-refractivity contribution in [3.8, 4) is 11.5 Å². The second-order valence-electron chi connectivity index (χ2n) is 3.80. The summed E-state index contributed by atoms with van der Waals surface area (Å²) in [5.74, 6) is -0.0612. The van der Waals surface area contributed by atoms with Crippen LogP contribution in [-0.2, 0) is 9.59 Å². The van der Waals surface area contributed by atoms with Gasteiger partial charge < -0.3 is 9.47 Å². The van der Waals surface area contributed by atoms with Crippen molar-refractivity contribution < 1.29 is 19.1 Å². The topological polar surface area (TPSA) is 52.6 Å². The second kappa shape index (κ2) is 4.87. The van der Waals surface area contributed by atoms with E-state index in [1.165, 1.54) is 13.8 Å². The maximum absolute atomic E-state index is 11.1. The van der Waals surface area contributed by atoms with Crippen LogP contribution in [0.3, 0.4) is 0 Å². The van der Waals surface area contributed by atoms with E-state index in [2.05, 4.69) is 0 Å². The van der Waals surface area contributed by atoms with E-state index in [1.807, 2.05) is 12.1 Å². The van der Waals surface area contributed by atoms with Crippen molar-refractivity contribution in [2.45, 2.75) is 13.8 Å². The van der Waals surface area contributed by atoms with E-state index in [4.69, 9.17) is 9.47 Å². The molecule has 0 atom stereocenters. The van der Waals surface area contributed by atoms with Gasteiger partial charge in [0.05, 0.1) is 5.39 Å². The van der Waals surface area contributed by atoms with Gasteiger partial charge in [-0.15, -0.1) is 0 Å². The number of hydrogen-bond acceptors (Lipinski definition) is 4. The predicted octanol–water partition coefficient (Wildman–Crippen LogP) is 2.69. The average Bonchev–Trinajstić information content (AvgIpc) is 2.27. The molecule has 92 valence electrons. The lowest BCUT2D eigenvalue weighted by molar-refractivity contribution is -0.132. The number of carbonyl (C=O) groups is 2. The number of benzene rings is 2. The van der Waals surface area contributed by atoms with Gasteiger partial charge in [-0.05, 0) is 17.5 Å². The van der Waals surface area contributed by atoms with Crippen LogP contribution in [0.1, 0.15) is 13.8 Å². The highest BCUT2D eigenvalue weighted by atomic mass is 16.5. The fourth-order valence-corrected chi connectivity index (χ4v) is 1.75. The standard InChI is InChI=1S/C14H12O4/c1-9(15)17-12-7-3-5-11-6-4-8-13(14(11)12)18-10(2)16/h3-8H,1-2H3. The molecule has 4 nitrogen and oxygen atoms in total. The van der Waals surface area contributed by atoms with Crippen LogP contribution in [0.25, 0.3) is 10.8 Å². The van der Waals surface area contributed by atoms with Crippen molar-refractivity contribution in [1.82, 2.24) is 0 Å². The Hall–Kier alpha value is -2.36. The lowest BCUT2D eigenvalue weighted by Crippen LogP contribution is -2.05. The van der Waals surface area contributed by atoms with Gasteiger partial charge in [-0.25, -0.2) is 0 Å². The number of ether oxygens (including phenoxy) is 2. The Morgan fingerprint density at radius 2 is 1.28 bits per heavy atom. The fourth-order valence-electron chi connectivity index (χ4n) is 1.75. The number of rotatable bonds is 2. The van der Waals surface area contributed by atoms with Gasteiger partial charge in [-0.1, -0.05) is 24.3 Å². The predicted molar refractivity (Wildman–Crippen MR) is 66.6 cm³/mol. The molecule has 4 heteroatoms. The summed E-state index contributed by atoms with van der Waals surface area (Å²) in [7, 11) is 0. The van der Waals surface area contributed by atoms with Crippen LogP contribution in [0.5, 0.6) is 11.5 Å². The molecule has 0 bridgehead atoms. The third kappa shape index (κ3) is 2.48. The van der Waals surface area contributed by atoms with Crippen molar-refractivity contribution in [1.29, 1.82) is 0 Å². The van der Waals surface area contributed by atoms with E-state index in [0.29, 0.717) is 16.9 Å². The summed E-state index contributed by atoms with van der Waals surface area (Å²) in [5.41, 5.74) is 0. The Balaban J connectivity index is 2.63. The Bertz CT molecular complexity index is 565. The highest BCUT2D eigenvalue weighted by Gasteiger charge is 2.11. The Kier molecular flexibility index (Phi) is 3.28. The maximum atomic E-state index is 11.1. The average molecular weight is 244 g/mol. The maximum Gasteiger partial charge on any atom is 0.308 e. The monoisotopic (exact) mass is 244 g/mol. The van der Waals surface area contributed by atoms with E-state index < -0.39 is 11.9 Å². The largest absolute Gasteiger partial charge is 0.426 e. The number of carbonyl (C=O) groups excluding carboxylic acids is 2. The molecule has 0 radical (unpaired) electrons. The molecule has 0 spiro atoms. The Morgan fingerprint density at radius 3 is 1.67 bits per heavy atom. The van der Waals surface area contributed by atoms with Crippen LogP contribution < -0.4 is 9.47 Å². The summed E-state index contributed by atoms with van der Waals surface area (Å²) in [6.07, 6.45) is 0. The molecule has 0 aliphatic carbocycles. The molecule has 0 saturated heterocycles. The molecule has 0 fully saturated rings. The third-order valence-electron chi connectivity index (χ3n) is 2.34. The summed E-state index contributed by atoms with van der Waals surface area (Å²) in [6, 6.07) is 10.6. The third-order valence-corrected chi connectivity index (χ3v) is 2.34. The van der Waals surface area contributed by atoms with E-state index in [0.717, 1.165) is 5.39 Å². The van der Waals surface area contributed by atoms with Gasteiger partial charge in [0, 0.05) is 13.8 Å². The first-order valence-electron chi connectivity index (χ1n) is 5.46. The molecular formula is C14H12O4. The van der Waals surface area contributed by atoms with Crippen LogP contribution in [0.4, 0.5) is 0 Å². The van der Waals surface area contributed by atoms with Gasteiger partial charge in [0.2, 0.25) is 0 Å². The quantitative estimate of drug-likeness (QED) is 0.602. The SMILES string of the molecule is CC(=O)Oc1cccc2cccc(OC(C)=O)c12. The minimum Gasteiger partial charge on any atom is -0.426 e. The van der Waals surface area contributed by atoms with E-state index >= 15 is 0 Å². The molecule has 2 aromatic rings. The number of esters is 2. The van der Waals surface area contributed by atoms with Crippen molar-refractivity contribution in [2.24, 2.45) is 0 Å². The van der Waals surface area contributed by atoms with Crippen molar-refractivity contribution >= 4 is 22.7 Å². The summed E-state index contributed by atoms with van der Waals surface area (Å²) < 4.78 is 10.2. The van der Waals surface area contributed by atoms with Crippen molar-refractivity contribution in [3.63, 3.8) is 0 Å². The smallest absolute Gasteiger partial charge is 0.308 e. The van der Waals surface area contributed by atoms with E-state index in [9.17, 15) is 9.59 Å². The van der Waals surface area contributed by atoms with Crippen LogP contribution in [0, 0.1) is 0 Å². The lowest BCUT2D eigenvalue weighted by atomic mass is 10.1. The first-order chi connectivity index (χ1) is 8.58. The van der Waals surface area contributed by atoms with Crippen LogP contribution in [0.15, 0.2) is 36.4 Å². The summed E-state index contributed by atoms with van der Waals surface area (Å²) in [4.78, 5) is 22.1. The minimum absolute atomic E-state index is 0.386. The van der Waals surface area contributed by atoms with Crippen molar-refractivity contribution in [2.75, 3.05) is 0 Å². The van der Waals surface area contributed by atoms with Crippen LogP contribution >= 0.6 is 0 Å². The summed E-state index contributed by atoms with van der Waals surface area (Å²) in [5, 5.41) is 1.46. The first-order valence-corrected chi connectivity index (χ1v) is 5.46. The summed E-state index contributed by atoms with van der Waals surface area (Å²) in [6.45, 7) is 2.65. The zero-order valence-electron chi connectivity index (χ0n) is 10.1. The molecule has 0 amide bonds. The van der Waals surface area contributed by atoms with Crippen molar-refractivity contribution in [3.05, 3.63) is 36.4 Å². The van der Waals surface area contributed by atoms with Gasteiger partial charge in [-0.3, -0.25) is 9.59 Å². The van der Waals surface area contributed by atoms with Gasteiger partial charge in [0.15, 0.2) is 0 Å². The van der Waals surface area contributed by atoms with E-state index in [-0.39, 0.29) is 0 Å². The van der Waals surface area contributed by atoms with Gasteiger partial charge in [-0.2, -0.15) is 0 Å². The van der Waals surface area contributed by atoms with Crippen LogP contribution in [0.2, 0.25) is 0 Å². The normalized spacial score (nSPS) is 10.1. The molecule has 0 aliphatic rings. The molecule has 2 rings (SSSR count). The first kappa shape index (κ1) is 12.1. The Morgan fingerprint density at radius 1 is 0.833 bits per heavy atom. The molecular weight excluding hydrogens is 232 g/mol. The van der Waals surface area contributed by atoms with E-state index in [1.54, 1.807) is 24.3 Å². The molecule has 0 N–H and O–H groups in total. The summed E-state index contributed by atoms with van der Waals surface area (Å²) >= 11 is 0. The van der Waals surface area contributed by atoms with Gasteiger partial charge in [0.25, 0.3) is 0 Å². The van der Waals surface area contributed by atoms with Gasteiger partial charge >= 0.3 is 11.9 Å². The van der Waals surface area contributed by atoms with Gasteiger partial charge in [0.1, 0.15) is 11.5 Å². The lowest BCUT2D eigenvalue weighted by Gasteiger charge is -2.10. The number of fused-ring (bicyclic) bond motifs is 1. The molecule has 0 heterocycles. The second-order valence-corrected chi connectivity index (χ2v) is 3.80.